The summed E-state index contributed by atoms with van der Waals surface area (Å²) >= 11 is 5.12. The van der Waals surface area contributed by atoms with Crippen LogP contribution in [0.4, 0.5) is 0 Å². The minimum Gasteiger partial charge on any atom is -0.487 e. The summed E-state index contributed by atoms with van der Waals surface area (Å²) in [6, 6.07) is 0. The van der Waals surface area contributed by atoms with Crippen molar-refractivity contribution in [3.05, 3.63) is 0 Å². The van der Waals surface area contributed by atoms with Crippen LogP contribution in [0.15, 0.2) is 0 Å². The highest BCUT2D eigenvalue weighted by Gasteiger charge is 2.29. The summed E-state index contributed by atoms with van der Waals surface area (Å²) in [5, 5.41) is 0.669. The van der Waals surface area contributed by atoms with Crippen LogP contribution >= 0.6 is 12.2 Å². The van der Waals surface area contributed by atoms with E-state index in [1.807, 2.05) is 6.92 Å². The van der Waals surface area contributed by atoms with E-state index >= 15 is 0 Å². The topological polar surface area (TPSA) is 26.3 Å². The second-order valence-corrected chi connectivity index (χ2v) is 3.98. The van der Waals surface area contributed by atoms with Gasteiger partial charge in [-0.15, -0.1) is 0 Å². The number of hydrogen-bond donors (Lipinski definition) is 0. The van der Waals surface area contributed by atoms with Crippen LogP contribution < -0.4 is 0 Å². The largest absolute Gasteiger partial charge is 0.487 e. The lowest BCUT2D eigenvalue weighted by Crippen LogP contribution is -2.20. The minimum atomic E-state index is 0.251. The van der Waals surface area contributed by atoms with Crippen molar-refractivity contribution in [1.29, 1.82) is 0 Å². The molecule has 1 aliphatic rings. The number of ketones is 1. The standard InChI is InChI=1S/C10H16O2S/c1-3-12-10(13)7(2)8-4-5-9(11)6-8/h7-8H,3-6H2,1-2H3. The summed E-state index contributed by atoms with van der Waals surface area (Å²) in [7, 11) is 0. The third-order valence-electron chi connectivity index (χ3n) is 2.65. The molecule has 1 saturated carbocycles. The minimum absolute atomic E-state index is 0.251. The molecule has 0 aliphatic heterocycles. The van der Waals surface area contributed by atoms with Crippen LogP contribution in [-0.2, 0) is 9.53 Å². The van der Waals surface area contributed by atoms with E-state index in [0.29, 0.717) is 29.8 Å². The molecule has 0 amide bonds. The first kappa shape index (κ1) is 10.6. The molecule has 2 nitrogen and oxygen atoms in total. The van der Waals surface area contributed by atoms with Crippen molar-refractivity contribution in [3.8, 4) is 0 Å². The van der Waals surface area contributed by atoms with Gasteiger partial charge in [0.15, 0.2) is 5.05 Å². The maximum Gasteiger partial charge on any atom is 0.162 e. The molecule has 1 fully saturated rings. The Morgan fingerprint density at radius 1 is 1.77 bits per heavy atom. The van der Waals surface area contributed by atoms with Gasteiger partial charge >= 0.3 is 0 Å². The van der Waals surface area contributed by atoms with Crippen LogP contribution in [0, 0.1) is 11.8 Å². The first-order chi connectivity index (χ1) is 6.15. The van der Waals surface area contributed by atoms with Gasteiger partial charge in [0.2, 0.25) is 0 Å². The molecule has 0 aromatic rings. The van der Waals surface area contributed by atoms with Gasteiger partial charge in [-0.25, -0.2) is 0 Å². The first-order valence-corrected chi connectivity index (χ1v) is 5.24. The zero-order chi connectivity index (χ0) is 9.84. The van der Waals surface area contributed by atoms with Gasteiger partial charge in [-0.2, -0.15) is 0 Å². The fourth-order valence-corrected chi connectivity index (χ4v) is 2.05. The van der Waals surface area contributed by atoms with Gasteiger partial charge in [-0.3, -0.25) is 4.79 Å². The van der Waals surface area contributed by atoms with Crippen molar-refractivity contribution in [2.45, 2.75) is 33.1 Å². The molecule has 0 saturated heterocycles. The third kappa shape index (κ3) is 2.76. The SMILES string of the molecule is CCOC(=S)C(C)C1CCC(=O)C1. The second-order valence-electron chi connectivity index (χ2n) is 3.58. The van der Waals surface area contributed by atoms with Crippen molar-refractivity contribution in [2.75, 3.05) is 6.61 Å². The average molecular weight is 200 g/mol. The van der Waals surface area contributed by atoms with Crippen molar-refractivity contribution >= 4 is 23.1 Å². The zero-order valence-electron chi connectivity index (χ0n) is 8.21. The van der Waals surface area contributed by atoms with E-state index < -0.39 is 0 Å². The van der Waals surface area contributed by atoms with Gasteiger partial charge in [0.1, 0.15) is 5.78 Å². The number of ether oxygens (including phenoxy) is 1. The molecule has 0 spiro atoms. The summed E-state index contributed by atoms with van der Waals surface area (Å²) in [5.74, 6) is 1.05. The van der Waals surface area contributed by atoms with E-state index in [9.17, 15) is 4.79 Å². The normalized spacial score (nSPS) is 24.5. The number of carbonyl (C=O) groups excluding carboxylic acids is 1. The van der Waals surface area contributed by atoms with Crippen LogP contribution in [0.1, 0.15) is 33.1 Å². The Hall–Kier alpha value is -0.440. The Morgan fingerprint density at radius 3 is 2.92 bits per heavy atom. The number of thiocarbonyl (C=S) groups is 1. The molecule has 13 heavy (non-hydrogen) atoms. The quantitative estimate of drug-likeness (QED) is 0.654. The van der Waals surface area contributed by atoms with Crippen LogP contribution in [0.3, 0.4) is 0 Å². The second kappa shape index (κ2) is 4.70. The lowest BCUT2D eigenvalue weighted by Gasteiger charge is -2.18. The highest BCUT2D eigenvalue weighted by Crippen LogP contribution is 2.30. The first-order valence-electron chi connectivity index (χ1n) is 4.83. The molecule has 0 N–H and O–H groups in total. The highest BCUT2D eigenvalue weighted by molar-refractivity contribution is 7.80. The number of rotatable bonds is 3. The Bertz CT molecular complexity index is 213. The molecular weight excluding hydrogens is 184 g/mol. The Labute approximate surface area is 84.7 Å². The van der Waals surface area contributed by atoms with Gasteiger partial charge in [-0.05, 0) is 31.5 Å². The van der Waals surface area contributed by atoms with Crippen LogP contribution in [0.2, 0.25) is 0 Å². The molecule has 74 valence electrons. The van der Waals surface area contributed by atoms with Crippen molar-refractivity contribution in [3.63, 3.8) is 0 Å². The Balaban J connectivity index is 2.43. The number of Topliss-reactive ketones (excluding diaryl/α,β-unsaturated/α-hetero) is 1. The molecule has 1 aliphatic carbocycles. The fraction of sp³-hybridized carbons (Fsp3) is 0.800. The third-order valence-corrected chi connectivity index (χ3v) is 3.14. The number of hydrogen-bond acceptors (Lipinski definition) is 3. The molecule has 0 aromatic carbocycles. The fourth-order valence-electron chi connectivity index (χ4n) is 1.74. The smallest absolute Gasteiger partial charge is 0.162 e. The van der Waals surface area contributed by atoms with E-state index in [-0.39, 0.29) is 5.92 Å². The predicted octanol–water partition coefficient (Wildman–Crippen LogP) is 2.36. The lowest BCUT2D eigenvalue weighted by molar-refractivity contribution is -0.117. The monoisotopic (exact) mass is 200 g/mol. The Morgan fingerprint density at radius 2 is 2.46 bits per heavy atom. The van der Waals surface area contributed by atoms with Gasteiger partial charge in [0.25, 0.3) is 0 Å². The lowest BCUT2D eigenvalue weighted by atomic mass is 9.93. The molecule has 2 atom stereocenters. The summed E-state index contributed by atoms with van der Waals surface area (Å²) in [6.45, 7) is 4.62. The van der Waals surface area contributed by atoms with Crippen LogP contribution in [0.25, 0.3) is 0 Å². The van der Waals surface area contributed by atoms with Gasteiger partial charge < -0.3 is 4.74 Å². The van der Waals surface area contributed by atoms with E-state index in [4.69, 9.17) is 17.0 Å². The summed E-state index contributed by atoms with van der Waals surface area (Å²) in [6.07, 6.45) is 2.39. The van der Waals surface area contributed by atoms with Gasteiger partial charge in [0, 0.05) is 18.8 Å². The van der Waals surface area contributed by atoms with Crippen molar-refractivity contribution in [2.24, 2.45) is 11.8 Å². The zero-order valence-corrected chi connectivity index (χ0v) is 9.02. The summed E-state index contributed by atoms with van der Waals surface area (Å²) < 4.78 is 5.27. The molecule has 2 unspecified atom stereocenters. The van der Waals surface area contributed by atoms with E-state index in [2.05, 4.69) is 6.92 Å². The molecule has 0 heterocycles. The molecule has 0 radical (unpaired) electrons. The van der Waals surface area contributed by atoms with E-state index in [1.165, 1.54) is 0 Å². The van der Waals surface area contributed by atoms with Crippen LogP contribution in [-0.4, -0.2) is 17.4 Å². The molecule has 0 aromatic heterocycles. The maximum atomic E-state index is 11.1. The van der Waals surface area contributed by atoms with Gasteiger partial charge in [-0.1, -0.05) is 6.92 Å². The van der Waals surface area contributed by atoms with Crippen molar-refractivity contribution < 1.29 is 9.53 Å². The van der Waals surface area contributed by atoms with Crippen LogP contribution in [0.5, 0.6) is 0 Å². The van der Waals surface area contributed by atoms with Gasteiger partial charge in [0.05, 0.1) is 6.61 Å². The summed E-state index contributed by atoms with van der Waals surface area (Å²) in [5.41, 5.74) is 0. The van der Waals surface area contributed by atoms with Crippen molar-refractivity contribution in [1.82, 2.24) is 0 Å². The molecule has 3 heteroatoms. The Kier molecular flexibility index (Phi) is 3.85. The maximum absolute atomic E-state index is 11.1. The average Bonchev–Trinajstić information content (AvgIpc) is 2.51. The predicted molar refractivity (Wildman–Crippen MR) is 55.7 cm³/mol. The molecule has 0 bridgehead atoms. The molecule has 1 rings (SSSR count). The summed E-state index contributed by atoms with van der Waals surface area (Å²) in [4.78, 5) is 11.1. The number of carbonyl (C=O) groups is 1. The molecular formula is C10H16O2S. The van der Waals surface area contributed by atoms with E-state index in [1.54, 1.807) is 0 Å². The highest BCUT2D eigenvalue weighted by atomic mass is 32.1. The van der Waals surface area contributed by atoms with E-state index in [0.717, 1.165) is 12.8 Å².